The molecule has 0 aromatic rings. The van der Waals surface area contributed by atoms with Crippen molar-refractivity contribution < 1.29 is 13.2 Å². The maximum absolute atomic E-state index is 11.5. The summed E-state index contributed by atoms with van der Waals surface area (Å²) >= 11 is 0. The first-order valence-corrected chi connectivity index (χ1v) is 6.28. The second kappa shape index (κ2) is 7.17. The third-order valence-electron chi connectivity index (χ3n) is 1.90. The first-order chi connectivity index (χ1) is 6.54. The van der Waals surface area contributed by atoms with Crippen LogP contribution in [0.2, 0.25) is 0 Å². The Kier molecular flexibility index (Phi) is 7.08. The van der Waals surface area contributed by atoms with Crippen LogP contribution in [0.3, 0.4) is 0 Å². The third kappa shape index (κ3) is 5.54. The summed E-state index contributed by atoms with van der Waals surface area (Å²) in [6.07, 6.45) is 1.23. The minimum Gasteiger partial charge on any atom is -0.385 e. The second-order valence-corrected chi connectivity index (χ2v) is 5.32. The van der Waals surface area contributed by atoms with Gasteiger partial charge in [0.05, 0.1) is 5.75 Å². The van der Waals surface area contributed by atoms with E-state index in [-0.39, 0.29) is 5.75 Å². The average Bonchev–Trinajstić information content (AvgIpc) is 2.14. The molecule has 0 amide bonds. The molecule has 86 valence electrons. The zero-order valence-corrected chi connectivity index (χ0v) is 9.72. The Morgan fingerprint density at radius 2 is 2.00 bits per heavy atom. The van der Waals surface area contributed by atoms with Gasteiger partial charge in [0.2, 0.25) is 10.0 Å². The summed E-state index contributed by atoms with van der Waals surface area (Å²) in [6.45, 7) is 1.48. The van der Waals surface area contributed by atoms with E-state index in [2.05, 4.69) is 0 Å². The van der Waals surface area contributed by atoms with E-state index >= 15 is 0 Å². The summed E-state index contributed by atoms with van der Waals surface area (Å²) in [7, 11) is 0.0344. The van der Waals surface area contributed by atoms with E-state index in [1.54, 1.807) is 14.2 Å². The van der Waals surface area contributed by atoms with Crippen LogP contribution in [0.25, 0.3) is 0 Å². The largest absolute Gasteiger partial charge is 0.385 e. The highest BCUT2D eigenvalue weighted by Gasteiger charge is 2.16. The highest BCUT2D eigenvalue weighted by Crippen LogP contribution is 2.01. The second-order valence-electron chi connectivity index (χ2n) is 3.13. The van der Waals surface area contributed by atoms with E-state index < -0.39 is 10.0 Å². The Hall–Kier alpha value is -0.170. The summed E-state index contributed by atoms with van der Waals surface area (Å²) in [6, 6.07) is 0. The number of hydrogen-bond donors (Lipinski definition) is 1. The van der Waals surface area contributed by atoms with Gasteiger partial charge in [0.1, 0.15) is 0 Å². The van der Waals surface area contributed by atoms with Crippen LogP contribution in [0.5, 0.6) is 0 Å². The maximum Gasteiger partial charge on any atom is 0.213 e. The molecule has 0 atom stereocenters. The predicted octanol–water partition coefficient (Wildman–Crippen LogP) is -0.367. The van der Waals surface area contributed by atoms with Crippen LogP contribution in [-0.4, -0.2) is 52.3 Å². The summed E-state index contributed by atoms with van der Waals surface area (Å²) < 4.78 is 29.2. The molecule has 0 aliphatic rings. The van der Waals surface area contributed by atoms with Gasteiger partial charge in [-0.2, -0.15) is 0 Å². The number of nitrogens with zero attached hydrogens (tertiary/aromatic N) is 1. The molecule has 0 aromatic carbocycles. The number of rotatable bonds is 8. The lowest BCUT2D eigenvalue weighted by atomic mass is 10.4. The van der Waals surface area contributed by atoms with Crippen molar-refractivity contribution in [3.63, 3.8) is 0 Å². The third-order valence-corrected chi connectivity index (χ3v) is 3.84. The van der Waals surface area contributed by atoms with Crippen molar-refractivity contribution >= 4 is 10.0 Å². The highest BCUT2D eigenvalue weighted by molar-refractivity contribution is 7.89. The molecule has 0 radical (unpaired) electrons. The van der Waals surface area contributed by atoms with Crippen molar-refractivity contribution in [3.05, 3.63) is 0 Å². The first-order valence-electron chi connectivity index (χ1n) is 4.67. The van der Waals surface area contributed by atoms with E-state index in [9.17, 15) is 8.42 Å². The fourth-order valence-electron chi connectivity index (χ4n) is 0.995. The molecule has 0 aliphatic carbocycles. The molecule has 0 aromatic heterocycles. The summed E-state index contributed by atoms with van der Waals surface area (Å²) in [4.78, 5) is 0. The van der Waals surface area contributed by atoms with Crippen LogP contribution in [0.1, 0.15) is 12.8 Å². The molecule has 0 bridgehead atoms. The molecule has 6 heteroatoms. The van der Waals surface area contributed by atoms with Gasteiger partial charge < -0.3 is 10.5 Å². The molecule has 14 heavy (non-hydrogen) atoms. The minimum absolute atomic E-state index is 0.141. The van der Waals surface area contributed by atoms with Crippen LogP contribution in [0, 0.1) is 0 Å². The van der Waals surface area contributed by atoms with E-state index in [1.807, 2.05) is 0 Å². The van der Waals surface area contributed by atoms with Gasteiger partial charge in [0.15, 0.2) is 0 Å². The molecular weight excluding hydrogens is 204 g/mol. The topological polar surface area (TPSA) is 72.6 Å². The first kappa shape index (κ1) is 13.8. The molecular formula is C8H20N2O3S. The Labute approximate surface area is 86.3 Å². The summed E-state index contributed by atoms with van der Waals surface area (Å²) in [5, 5.41) is 0. The summed E-state index contributed by atoms with van der Waals surface area (Å²) in [5.74, 6) is 0.141. The molecule has 0 fully saturated rings. The molecule has 5 nitrogen and oxygen atoms in total. The normalized spacial score (nSPS) is 12.3. The Morgan fingerprint density at radius 3 is 2.50 bits per heavy atom. The molecule has 0 rings (SSSR count). The fraction of sp³-hybridized carbons (Fsp3) is 1.00. The Morgan fingerprint density at radius 1 is 1.36 bits per heavy atom. The van der Waals surface area contributed by atoms with Crippen LogP contribution in [0.4, 0.5) is 0 Å². The summed E-state index contributed by atoms with van der Waals surface area (Å²) in [5.41, 5.74) is 5.30. The van der Waals surface area contributed by atoms with Crippen molar-refractivity contribution in [2.75, 3.05) is 39.6 Å². The van der Waals surface area contributed by atoms with Crippen LogP contribution < -0.4 is 5.73 Å². The molecule has 0 saturated heterocycles. The number of methoxy groups -OCH3 is 1. The van der Waals surface area contributed by atoms with Crippen LogP contribution in [-0.2, 0) is 14.8 Å². The van der Waals surface area contributed by atoms with Crippen molar-refractivity contribution in [3.8, 4) is 0 Å². The van der Waals surface area contributed by atoms with Crippen LogP contribution in [0.15, 0.2) is 0 Å². The molecule has 0 saturated carbocycles. The molecule has 0 heterocycles. The minimum atomic E-state index is -3.11. The predicted molar refractivity (Wildman–Crippen MR) is 56.6 cm³/mol. The van der Waals surface area contributed by atoms with Crippen molar-refractivity contribution in [2.45, 2.75) is 12.8 Å². The number of ether oxygens (including phenoxy) is 1. The number of hydrogen-bond acceptors (Lipinski definition) is 4. The quantitative estimate of drug-likeness (QED) is 0.571. The van der Waals surface area contributed by atoms with E-state index in [1.165, 1.54) is 4.31 Å². The Bertz CT molecular complexity index is 229. The van der Waals surface area contributed by atoms with Gasteiger partial charge in [0, 0.05) is 27.3 Å². The number of sulfonamides is 1. The molecule has 2 N–H and O–H groups in total. The lowest BCUT2D eigenvalue weighted by Gasteiger charge is -2.16. The van der Waals surface area contributed by atoms with Crippen LogP contribution >= 0.6 is 0 Å². The maximum atomic E-state index is 11.5. The van der Waals surface area contributed by atoms with Gasteiger partial charge in [-0.25, -0.2) is 12.7 Å². The zero-order chi connectivity index (χ0) is 11.0. The van der Waals surface area contributed by atoms with Crippen molar-refractivity contribution in [1.82, 2.24) is 4.31 Å². The smallest absolute Gasteiger partial charge is 0.213 e. The zero-order valence-electron chi connectivity index (χ0n) is 8.90. The lowest BCUT2D eigenvalue weighted by molar-refractivity contribution is 0.199. The average molecular weight is 224 g/mol. The van der Waals surface area contributed by atoms with Gasteiger partial charge in [-0.3, -0.25) is 0 Å². The molecule has 0 spiro atoms. The fourth-order valence-corrected chi connectivity index (χ4v) is 2.20. The standard InChI is InChI=1S/C8H20N2O3S/c1-10(6-3-5-9)14(11,12)8-4-7-13-2/h3-9H2,1-2H3. The van der Waals surface area contributed by atoms with Crippen molar-refractivity contribution in [2.24, 2.45) is 5.73 Å². The Balaban J connectivity index is 3.91. The van der Waals surface area contributed by atoms with E-state index in [0.29, 0.717) is 32.5 Å². The number of nitrogens with two attached hydrogens (primary N) is 1. The van der Waals surface area contributed by atoms with Gasteiger partial charge >= 0.3 is 0 Å². The van der Waals surface area contributed by atoms with E-state index in [0.717, 1.165) is 0 Å². The van der Waals surface area contributed by atoms with E-state index in [4.69, 9.17) is 10.5 Å². The van der Waals surface area contributed by atoms with Crippen molar-refractivity contribution in [1.29, 1.82) is 0 Å². The lowest BCUT2D eigenvalue weighted by Crippen LogP contribution is -2.31. The van der Waals surface area contributed by atoms with Gasteiger partial charge in [-0.15, -0.1) is 0 Å². The molecule has 0 unspecified atom stereocenters. The van der Waals surface area contributed by atoms with Gasteiger partial charge in [-0.1, -0.05) is 0 Å². The van der Waals surface area contributed by atoms with Gasteiger partial charge in [0.25, 0.3) is 0 Å². The molecule has 0 aliphatic heterocycles. The van der Waals surface area contributed by atoms with Gasteiger partial charge in [-0.05, 0) is 19.4 Å². The monoisotopic (exact) mass is 224 g/mol. The highest BCUT2D eigenvalue weighted by atomic mass is 32.2. The SMILES string of the molecule is COCCCS(=O)(=O)N(C)CCCN.